The van der Waals surface area contributed by atoms with Gasteiger partial charge in [-0.1, -0.05) is 0 Å². The number of rotatable bonds is 4. The van der Waals surface area contributed by atoms with Crippen molar-refractivity contribution in [1.29, 1.82) is 0 Å². The molecular formula is C11H14N6O. The second kappa shape index (κ2) is 4.92. The van der Waals surface area contributed by atoms with Crippen LogP contribution < -0.4 is 11.5 Å². The Morgan fingerprint density at radius 3 is 2.61 bits per heavy atom. The van der Waals surface area contributed by atoms with Crippen molar-refractivity contribution >= 4 is 5.91 Å². The van der Waals surface area contributed by atoms with E-state index in [0.29, 0.717) is 12.4 Å². The molecule has 0 aliphatic carbocycles. The molecule has 0 spiro atoms. The Balaban J connectivity index is 2.20. The summed E-state index contributed by atoms with van der Waals surface area (Å²) in [7, 11) is 0. The third-order valence-electron chi connectivity index (χ3n) is 2.30. The lowest BCUT2D eigenvalue weighted by Gasteiger charge is -2.04. The molecule has 1 amide bonds. The summed E-state index contributed by atoms with van der Waals surface area (Å²) in [5, 5.41) is 3.96. The molecule has 0 saturated carbocycles. The number of aromatic nitrogens is 4. The predicted molar refractivity (Wildman–Crippen MR) is 65.0 cm³/mol. The van der Waals surface area contributed by atoms with Gasteiger partial charge in [0, 0.05) is 24.6 Å². The maximum absolute atomic E-state index is 10.9. The van der Waals surface area contributed by atoms with Crippen LogP contribution in [0, 0.1) is 0 Å². The van der Waals surface area contributed by atoms with Crippen LogP contribution in [0.1, 0.15) is 23.0 Å². The van der Waals surface area contributed by atoms with Crippen LogP contribution in [-0.2, 0) is 6.42 Å². The standard InChI is InChI=1S/C11H14N6O/c1-7(12)4-8-5-14-11(15-6-8)17-3-2-9(16-17)10(13)18/h2-3,5-7H,4,12H2,1H3,(H2,13,18). The Bertz CT molecular complexity index is 545. The average Bonchev–Trinajstić information content (AvgIpc) is 2.78. The SMILES string of the molecule is CC(N)Cc1cnc(-n2ccc(C(N)=O)n2)nc1. The van der Waals surface area contributed by atoms with Crippen LogP contribution >= 0.6 is 0 Å². The summed E-state index contributed by atoms with van der Waals surface area (Å²) in [6.45, 7) is 1.92. The van der Waals surface area contributed by atoms with Gasteiger partial charge < -0.3 is 11.5 Å². The summed E-state index contributed by atoms with van der Waals surface area (Å²) >= 11 is 0. The van der Waals surface area contributed by atoms with E-state index in [1.807, 2.05) is 6.92 Å². The summed E-state index contributed by atoms with van der Waals surface area (Å²) in [6.07, 6.45) is 5.68. The summed E-state index contributed by atoms with van der Waals surface area (Å²) in [6, 6.07) is 1.58. The van der Waals surface area contributed by atoms with Crippen LogP contribution in [0.15, 0.2) is 24.7 Å². The van der Waals surface area contributed by atoms with Crippen molar-refractivity contribution in [3.8, 4) is 5.95 Å². The second-order valence-corrected chi connectivity index (χ2v) is 4.08. The highest BCUT2D eigenvalue weighted by Crippen LogP contribution is 2.04. The van der Waals surface area contributed by atoms with Gasteiger partial charge >= 0.3 is 0 Å². The fourth-order valence-electron chi connectivity index (χ4n) is 1.51. The zero-order chi connectivity index (χ0) is 13.1. The van der Waals surface area contributed by atoms with Gasteiger partial charge in [-0.05, 0) is 25.0 Å². The van der Waals surface area contributed by atoms with Crippen LogP contribution in [0.5, 0.6) is 0 Å². The Morgan fingerprint density at radius 1 is 1.44 bits per heavy atom. The van der Waals surface area contributed by atoms with Gasteiger partial charge in [-0.3, -0.25) is 4.79 Å². The summed E-state index contributed by atoms with van der Waals surface area (Å²) in [4.78, 5) is 19.2. The Labute approximate surface area is 104 Å². The first-order valence-corrected chi connectivity index (χ1v) is 5.48. The average molecular weight is 246 g/mol. The molecule has 1 atom stereocenters. The van der Waals surface area contributed by atoms with Crippen molar-refractivity contribution in [3.63, 3.8) is 0 Å². The molecule has 2 aromatic rings. The number of carbonyl (C=O) groups excluding carboxylic acids is 1. The predicted octanol–water partition coefficient (Wildman–Crippen LogP) is -0.349. The van der Waals surface area contributed by atoms with Crippen LogP contribution in [0.2, 0.25) is 0 Å². The highest BCUT2D eigenvalue weighted by Gasteiger charge is 2.07. The number of nitrogens with zero attached hydrogens (tertiary/aromatic N) is 4. The molecule has 2 rings (SSSR count). The van der Waals surface area contributed by atoms with E-state index in [9.17, 15) is 4.79 Å². The number of hydrogen-bond donors (Lipinski definition) is 2. The Hall–Kier alpha value is -2.28. The topological polar surface area (TPSA) is 113 Å². The van der Waals surface area contributed by atoms with Crippen molar-refractivity contribution in [2.75, 3.05) is 0 Å². The molecular weight excluding hydrogens is 232 g/mol. The molecule has 0 aliphatic heterocycles. The first-order chi connectivity index (χ1) is 8.56. The normalized spacial score (nSPS) is 12.3. The molecule has 4 N–H and O–H groups in total. The monoisotopic (exact) mass is 246 g/mol. The van der Waals surface area contributed by atoms with Crippen molar-refractivity contribution in [2.24, 2.45) is 11.5 Å². The van der Waals surface area contributed by atoms with Crippen LogP contribution in [0.4, 0.5) is 0 Å². The van der Waals surface area contributed by atoms with E-state index in [0.717, 1.165) is 5.56 Å². The number of carbonyl (C=O) groups is 1. The lowest BCUT2D eigenvalue weighted by Crippen LogP contribution is -2.18. The fraction of sp³-hybridized carbons (Fsp3) is 0.273. The molecule has 0 aromatic carbocycles. The van der Waals surface area contributed by atoms with E-state index >= 15 is 0 Å². The van der Waals surface area contributed by atoms with Gasteiger partial charge in [0.15, 0.2) is 0 Å². The van der Waals surface area contributed by atoms with Gasteiger partial charge in [-0.15, -0.1) is 0 Å². The molecule has 2 aromatic heterocycles. The van der Waals surface area contributed by atoms with E-state index in [-0.39, 0.29) is 11.7 Å². The molecule has 1 unspecified atom stereocenters. The van der Waals surface area contributed by atoms with Crippen LogP contribution in [-0.4, -0.2) is 31.7 Å². The lowest BCUT2D eigenvalue weighted by atomic mass is 10.1. The van der Waals surface area contributed by atoms with E-state index < -0.39 is 5.91 Å². The number of hydrogen-bond acceptors (Lipinski definition) is 5. The molecule has 7 nitrogen and oxygen atoms in total. The molecule has 2 heterocycles. The third-order valence-corrected chi connectivity index (χ3v) is 2.30. The van der Waals surface area contributed by atoms with E-state index in [2.05, 4.69) is 15.1 Å². The molecule has 0 radical (unpaired) electrons. The van der Waals surface area contributed by atoms with E-state index in [1.165, 1.54) is 10.7 Å². The molecule has 0 fully saturated rings. The first kappa shape index (κ1) is 12.2. The van der Waals surface area contributed by atoms with E-state index in [4.69, 9.17) is 11.5 Å². The summed E-state index contributed by atoms with van der Waals surface area (Å²) in [5.41, 5.74) is 11.9. The molecule has 7 heteroatoms. The minimum absolute atomic E-state index is 0.0608. The molecule has 18 heavy (non-hydrogen) atoms. The zero-order valence-corrected chi connectivity index (χ0v) is 9.95. The van der Waals surface area contributed by atoms with Gasteiger partial charge in [-0.2, -0.15) is 5.10 Å². The molecule has 94 valence electrons. The van der Waals surface area contributed by atoms with Gasteiger partial charge in [0.05, 0.1) is 0 Å². The Kier molecular flexibility index (Phi) is 3.33. The number of nitrogens with two attached hydrogens (primary N) is 2. The van der Waals surface area contributed by atoms with Crippen molar-refractivity contribution < 1.29 is 4.79 Å². The number of amides is 1. The minimum atomic E-state index is -0.581. The van der Waals surface area contributed by atoms with Gasteiger partial charge in [0.2, 0.25) is 5.95 Å². The molecule has 0 saturated heterocycles. The zero-order valence-electron chi connectivity index (χ0n) is 9.95. The largest absolute Gasteiger partial charge is 0.364 e. The minimum Gasteiger partial charge on any atom is -0.364 e. The van der Waals surface area contributed by atoms with Gasteiger partial charge in [0.1, 0.15) is 5.69 Å². The lowest BCUT2D eigenvalue weighted by molar-refractivity contribution is 0.0995. The summed E-state index contributed by atoms with van der Waals surface area (Å²) in [5.74, 6) is -0.196. The maximum atomic E-state index is 10.9. The highest BCUT2D eigenvalue weighted by atomic mass is 16.1. The van der Waals surface area contributed by atoms with Crippen LogP contribution in [0.25, 0.3) is 5.95 Å². The smallest absolute Gasteiger partial charge is 0.269 e. The molecule has 0 bridgehead atoms. The maximum Gasteiger partial charge on any atom is 0.269 e. The number of primary amides is 1. The highest BCUT2D eigenvalue weighted by molar-refractivity contribution is 5.90. The summed E-state index contributed by atoms with van der Waals surface area (Å²) < 4.78 is 1.40. The van der Waals surface area contributed by atoms with Crippen molar-refractivity contribution in [1.82, 2.24) is 19.7 Å². The molecule has 0 aliphatic rings. The van der Waals surface area contributed by atoms with Crippen LogP contribution in [0.3, 0.4) is 0 Å². The fourth-order valence-corrected chi connectivity index (χ4v) is 1.51. The van der Waals surface area contributed by atoms with Gasteiger partial charge in [-0.25, -0.2) is 14.6 Å². The van der Waals surface area contributed by atoms with E-state index in [1.54, 1.807) is 18.6 Å². The Morgan fingerprint density at radius 2 is 2.11 bits per heavy atom. The van der Waals surface area contributed by atoms with Crippen molar-refractivity contribution in [2.45, 2.75) is 19.4 Å². The second-order valence-electron chi connectivity index (χ2n) is 4.08. The van der Waals surface area contributed by atoms with Crippen molar-refractivity contribution in [3.05, 3.63) is 35.9 Å². The quantitative estimate of drug-likeness (QED) is 0.765. The first-order valence-electron chi connectivity index (χ1n) is 5.48. The van der Waals surface area contributed by atoms with Gasteiger partial charge in [0.25, 0.3) is 5.91 Å². The third kappa shape index (κ3) is 2.69.